The highest BCUT2D eigenvalue weighted by molar-refractivity contribution is 6.06. The summed E-state index contributed by atoms with van der Waals surface area (Å²) >= 11 is 0. The lowest BCUT2D eigenvalue weighted by atomic mass is 9.70. The average molecular weight is 400 g/mol. The first-order valence-electron chi connectivity index (χ1n) is 12.2. The van der Waals surface area contributed by atoms with Gasteiger partial charge in [-0.05, 0) is 74.5 Å². The number of rotatable bonds is 8. The van der Waals surface area contributed by atoms with Crippen LogP contribution in [-0.4, -0.2) is 29.4 Å². The second-order valence-corrected chi connectivity index (χ2v) is 10.7. The van der Waals surface area contributed by atoms with E-state index in [2.05, 4.69) is 12.7 Å². The Morgan fingerprint density at radius 2 is 1.90 bits per heavy atom. The molecule has 0 radical (unpaired) electrons. The van der Waals surface area contributed by atoms with Crippen molar-refractivity contribution >= 4 is 11.9 Å². The predicted octanol–water partition coefficient (Wildman–Crippen LogP) is 5.43. The summed E-state index contributed by atoms with van der Waals surface area (Å²) in [5, 5.41) is 0. The second kappa shape index (κ2) is 8.43. The maximum absolute atomic E-state index is 13.3. The number of allylic oxidation sites excluding steroid dienone is 1. The van der Waals surface area contributed by atoms with Crippen molar-refractivity contribution in [2.45, 2.75) is 102 Å². The quantitative estimate of drug-likeness (QED) is 0.554. The Bertz CT molecular complexity index is 652. The molecule has 1 aliphatic heterocycles. The Morgan fingerprint density at radius 1 is 1.14 bits per heavy atom. The Kier molecular flexibility index (Phi) is 6.09. The molecular weight excluding hydrogens is 358 g/mol. The van der Waals surface area contributed by atoms with Crippen molar-refractivity contribution in [3.05, 3.63) is 12.7 Å². The lowest BCUT2D eigenvalue weighted by Gasteiger charge is -2.36. The molecule has 3 aliphatic carbocycles. The molecule has 4 aliphatic rings. The highest BCUT2D eigenvalue weighted by Gasteiger charge is 2.56. The molecule has 0 aromatic rings. The molecule has 29 heavy (non-hydrogen) atoms. The summed E-state index contributed by atoms with van der Waals surface area (Å²) < 4.78 is 0. The van der Waals surface area contributed by atoms with Crippen LogP contribution in [0.1, 0.15) is 96.3 Å². The van der Waals surface area contributed by atoms with E-state index in [-0.39, 0.29) is 5.91 Å². The third-order valence-electron chi connectivity index (χ3n) is 8.75. The summed E-state index contributed by atoms with van der Waals surface area (Å²) in [7, 11) is 1.80. The lowest BCUT2D eigenvalue weighted by molar-refractivity contribution is -0.131. The van der Waals surface area contributed by atoms with Crippen molar-refractivity contribution in [2.24, 2.45) is 33.9 Å². The molecule has 1 amide bonds. The molecule has 4 heteroatoms. The number of nitrogens with zero attached hydrogens (tertiary/aromatic N) is 2. The fraction of sp³-hybridized carbons (Fsp3) is 0.840. The van der Waals surface area contributed by atoms with Crippen molar-refractivity contribution in [3.8, 4) is 0 Å². The van der Waals surface area contributed by atoms with Crippen LogP contribution < -0.4 is 5.73 Å². The summed E-state index contributed by atoms with van der Waals surface area (Å²) in [6.07, 6.45) is 20.9. The average Bonchev–Trinajstić information content (AvgIpc) is 3.34. The molecule has 2 N–H and O–H groups in total. The van der Waals surface area contributed by atoms with Crippen LogP contribution in [0.15, 0.2) is 17.6 Å². The lowest BCUT2D eigenvalue weighted by Crippen LogP contribution is -2.44. The molecule has 4 rings (SSSR count). The molecule has 0 aromatic heterocycles. The van der Waals surface area contributed by atoms with Crippen molar-refractivity contribution in [3.63, 3.8) is 0 Å². The highest BCUT2D eigenvalue weighted by Crippen LogP contribution is 2.65. The van der Waals surface area contributed by atoms with E-state index in [0.717, 1.165) is 37.5 Å². The minimum Gasteiger partial charge on any atom is -0.369 e. The molecule has 4 nitrogen and oxygen atoms in total. The van der Waals surface area contributed by atoms with E-state index in [9.17, 15) is 4.79 Å². The summed E-state index contributed by atoms with van der Waals surface area (Å²) in [6, 6.07) is 0. The van der Waals surface area contributed by atoms with E-state index < -0.39 is 5.54 Å². The van der Waals surface area contributed by atoms with Gasteiger partial charge in [0.1, 0.15) is 5.54 Å². The zero-order valence-electron chi connectivity index (χ0n) is 18.5. The van der Waals surface area contributed by atoms with Gasteiger partial charge in [-0.3, -0.25) is 9.69 Å². The van der Waals surface area contributed by atoms with E-state index in [4.69, 9.17) is 10.7 Å². The second-order valence-electron chi connectivity index (χ2n) is 10.7. The highest BCUT2D eigenvalue weighted by atomic mass is 16.2. The van der Waals surface area contributed by atoms with Gasteiger partial charge in [-0.2, -0.15) is 0 Å². The van der Waals surface area contributed by atoms with Crippen LogP contribution in [0.25, 0.3) is 0 Å². The number of carbonyl (C=O) groups is 1. The molecular formula is C25H41N3O. The normalized spacial score (nSPS) is 37.8. The molecule has 3 fully saturated rings. The smallest absolute Gasteiger partial charge is 0.257 e. The third kappa shape index (κ3) is 4.27. The molecule has 0 aromatic carbocycles. The Labute approximate surface area is 177 Å². The number of aliphatic imine (C=N–C) groups is 1. The SMILES string of the molecule is C=CCCC1CC12CCC[C@H](C[C@@]1(CCC3CCCCC3)N=C(N)N(C)C1=O)C2. The van der Waals surface area contributed by atoms with E-state index in [0.29, 0.717) is 17.3 Å². The molecule has 1 spiro atoms. The molecule has 2 unspecified atom stereocenters. The first kappa shape index (κ1) is 20.9. The number of nitrogens with two attached hydrogens (primary N) is 1. The number of amides is 1. The summed E-state index contributed by atoms with van der Waals surface area (Å²) in [4.78, 5) is 19.8. The standard InChI is InChI=1S/C25H41N3O/c1-3-4-12-21-18-24(21)14-8-11-20(16-24)17-25(22(29)28(2)23(26)27-25)15-13-19-9-6-5-7-10-19/h3,19-21H,1,4-18H2,2H3,(H2,26,27)/t20-,21?,24?,25+/m0/s1. The zero-order chi connectivity index (χ0) is 20.5. The van der Waals surface area contributed by atoms with Crippen LogP contribution in [0.3, 0.4) is 0 Å². The van der Waals surface area contributed by atoms with E-state index >= 15 is 0 Å². The number of carbonyl (C=O) groups excluding carboxylic acids is 1. The monoisotopic (exact) mass is 399 g/mol. The van der Waals surface area contributed by atoms with Gasteiger partial charge in [0, 0.05) is 7.05 Å². The number of hydrogen-bond acceptors (Lipinski definition) is 3. The number of likely N-dealkylation sites (N-methyl/N-ethyl adjacent to an activating group) is 1. The van der Waals surface area contributed by atoms with Crippen molar-refractivity contribution < 1.29 is 4.79 Å². The van der Waals surface area contributed by atoms with Gasteiger partial charge in [0.2, 0.25) is 0 Å². The van der Waals surface area contributed by atoms with Crippen molar-refractivity contribution in [1.82, 2.24) is 4.90 Å². The summed E-state index contributed by atoms with van der Waals surface area (Å²) in [5.74, 6) is 2.87. The largest absolute Gasteiger partial charge is 0.369 e. The van der Waals surface area contributed by atoms with Gasteiger partial charge in [-0.25, -0.2) is 4.99 Å². The predicted molar refractivity (Wildman–Crippen MR) is 119 cm³/mol. The molecule has 0 bridgehead atoms. The van der Waals surface area contributed by atoms with Crippen molar-refractivity contribution in [1.29, 1.82) is 0 Å². The maximum atomic E-state index is 13.3. The topological polar surface area (TPSA) is 58.7 Å². The Balaban J connectivity index is 1.43. The Hall–Kier alpha value is -1.32. The van der Waals surface area contributed by atoms with Gasteiger partial charge in [0.15, 0.2) is 5.96 Å². The van der Waals surface area contributed by atoms with Crippen LogP contribution in [0.2, 0.25) is 0 Å². The number of guanidine groups is 1. The zero-order valence-corrected chi connectivity index (χ0v) is 18.5. The van der Waals surface area contributed by atoms with Crippen LogP contribution in [0.4, 0.5) is 0 Å². The van der Waals surface area contributed by atoms with Crippen LogP contribution >= 0.6 is 0 Å². The van der Waals surface area contributed by atoms with Gasteiger partial charge >= 0.3 is 0 Å². The van der Waals surface area contributed by atoms with Gasteiger partial charge in [-0.15, -0.1) is 6.58 Å². The molecule has 3 saturated carbocycles. The van der Waals surface area contributed by atoms with Crippen LogP contribution in [0.5, 0.6) is 0 Å². The summed E-state index contributed by atoms with van der Waals surface area (Å²) in [6.45, 7) is 3.90. The van der Waals surface area contributed by atoms with Crippen LogP contribution in [-0.2, 0) is 4.79 Å². The van der Waals surface area contributed by atoms with Gasteiger partial charge < -0.3 is 5.73 Å². The summed E-state index contributed by atoms with van der Waals surface area (Å²) in [5.41, 5.74) is 6.14. The fourth-order valence-electron chi connectivity index (χ4n) is 6.96. The van der Waals surface area contributed by atoms with E-state index in [1.54, 1.807) is 11.9 Å². The van der Waals surface area contributed by atoms with Gasteiger partial charge in [0.25, 0.3) is 5.91 Å². The van der Waals surface area contributed by atoms with Gasteiger partial charge in [-0.1, -0.05) is 51.0 Å². The minimum absolute atomic E-state index is 0.157. The van der Waals surface area contributed by atoms with E-state index in [1.807, 2.05) is 0 Å². The van der Waals surface area contributed by atoms with E-state index in [1.165, 1.54) is 70.6 Å². The maximum Gasteiger partial charge on any atom is 0.257 e. The van der Waals surface area contributed by atoms with Crippen molar-refractivity contribution in [2.75, 3.05) is 7.05 Å². The molecule has 1 heterocycles. The minimum atomic E-state index is -0.578. The third-order valence-corrected chi connectivity index (χ3v) is 8.75. The van der Waals surface area contributed by atoms with Gasteiger partial charge in [0.05, 0.1) is 0 Å². The molecule has 0 saturated heterocycles. The molecule has 162 valence electrons. The first-order chi connectivity index (χ1) is 14.0. The molecule has 4 atom stereocenters. The first-order valence-corrected chi connectivity index (χ1v) is 12.2. The van der Waals surface area contributed by atoms with Crippen LogP contribution in [0, 0.1) is 23.2 Å². The Morgan fingerprint density at radius 3 is 2.59 bits per heavy atom. The fourth-order valence-corrected chi connectivity index (χ4v) is 6.96. The number of hydrogen-bond donors (Lipinski definition) is 1.